The first-order chi connectivity index (χ1) is 9.07. The van der Waals surface area contributed by atoms with Gasteiger partial charge in [0.2, 0.25) is 0 Å². The van der Waals surface area contributed by atoms with E-state index >= 15 is 0 Å². The standard InChI is InChI=1S/C14H32O4Si/c1-7-13(15-9-3,16-10-4)19-14(8-2,17-11-5)18-12-6/h7-12,19H2,1-6H3. The highest BCUT2D eigenvalue weighted by Gasteiger charge is 2.43. The largest absolute Gasteiger partial charge is 0.354 e. The second-order valence-corrected chi connectivity index (χ2v) is 6.95. The molecule has 4 nitrogen and oxygen atoms in total. The molecule has 0 aliphatic heterocycles. The first-order valence-corrected chi connectivity index (χ1v) is 9.04. The third-order valence-electron chi connectivity index (χ3n) is 3.25. The summed E-state index contributed by atoms with van der Waals surface area (Å²) in [5.41, 5.74) is -0.965. The van der Waals surface area contributed by atoms with Gasteiger partial charge in [0, 0.05) is 26.4 Å². The summed E-state index contributed by atoms with van der Waals surface area (Å²) in [4.78, 5) is 0. The van der Waals surface area contributed by atoms with Crippen LogP contribution in [-0.4, -0.2) is 46.8 Å². The zero-order valence-corrected chi connectivity index (χ0v) is 15.0. The Labute approximate surface area is 121 Å². The first kappa shape index (κ1) is 19.1. The van der Waals surface area contributed by atoms with E-state index in [0.29, 0.717) is 26.4 Å². The summed E-state index contributed by atoms with van der Waals surface area (Å²) in [7, 11) is -0.907. The molecular formula is C14H32O4Si. The van der Waals surface area contributed by atoms with E-state index in [1.165, 1.54) is 0 Å². The molecule has 19 heavy (non-hydrogen) atoms. The highest BCUT2D eigenvalue weighted by Crippen LogP contribution is 2.27. The van der Waals surface area contributed by atoms with Gasteiger partial charge in [-0.3, -0.25) is 0 Å². The molecule has 0 aromatic rings. The van der Waals surface area contributed by atoms with Crippen LogP contribution in [0.4, 0.5) is 0 Å². The summed E-state index contributed by atoms with van der Waals surface area (Å²) in [6.45, 7) is 14.8. The second-order valence-electron chi connectivity index (χ2n) is 4.44. The van der Waals surface area contributed by atoms with Crippen LogP contribution in [0.2, 0.25) is 0 Å². The smallest absolute Gasteiger partial charge is 0.165 e. The van der Waals surface area contributed by atoms with Crippen molar-refractivity contribution in [1.29, 1.82) is 0 Å². The lowest BCUT2D eigenvalue weighted by Crippen LogP contribution is -2.56. The highest BCUT2D eigenvalue weighted by atomic mass is 28.2. The Morgan fingerprint density at radius 2 is 0.842 bits per heavy atom. The van der Waals surface area contributed by atoms with Gasteiger partial charge >= 0.3 is 0 Å². The van der Waals surface area contributed by atoms with E-state index in [9.17, 15) is 0 Å². The summed E-state index contributed by atoms with van der Waals surface area (Å²) in [6, 6.07) is 0. The maximum absolute atomic E-state index is 5.95. The van der Waals surface area contributed by atoms with Gasteiger partial charge in [0.15, 0.2) is 20.3 Å². The lowest BCUT2D eigenvalue weighted by atomic mass is 10.4. The van der Waals surface area contributed by atoms with E-state index < -0.39 is 20.3 Å². The number of ether oxygens (including phenoxy) is 4. The molecule has 116 valence electrons. The lowest BCUT2D eigenvalue weighted by molar-refractivity contribution is -0.213. The molecule has 0 aliphatic carbocycles. The van der Waals surface area contributed by atoms with Gasteiger partial charge in [0.25, 0.3) is 0 Å². The SMILES string of the molecule is CCOC(CC)(OCC)[SiH2]C(CC)(OCC)OCC. The van der Waals surface area contributed by atoms with Gasteiger partial charge < -0.3 is 18.9 Å². The summed E-state index contributed by atoms with van der Waals surface area (Å²) in [5, 5.41) is 0. The maximum Gasteiger partial charge on any atom is 0.165 e. The maximum atomic E-state index is 5.95. The molecule has 0 spiro atoms. The molecule has 0 heterocycles. The van der Waals surface area contributed by atoms with Crippen LogP contribution >= 0.6 is 0 Å². The number of hydrogen-bond donors (Lipinski definition) is 0. The van der Waals surface area contributed by atoms with Gasteiger partial charge in [-0.25, -0.2) is 0 Å². The summed E-state index contributed by atoms with van der Waals surface area (Å²) < 4.78 is 23.8. The van der Waals surface area contributed by atoms with Crippen LogP contribution in [0.15, 0.2) is 0 Å². The van der Waals surface area contributed by atoms with Crippen molar-refractivity contribution in [3.8, 4) is 0 Å². The van der Waals surface area contributed by atoms with Crippen molar-refractivity contribution < 1.29 is 18.9 Å². The van der Waals surface area contributed by atoms with E-state index in [1.807, 2.05) is 27.7 Å². The molecule has 0 radical (unpaired) electrons. The summed E-state index contributed by atoms with van der Waals surface area (Å²) in [5.74, 6) is 0. The highest BCUT2D eigenvalue weighted by molar-refractivity contribution is 6.42. The Morgan fingerprint density at radius 3 is 1.00 bits per heavy atom. The topological polar surface area (TPSA) is 36.9 Å². The van der Waals surface area contributed by atoms with Crippen molar-refractivity contribution in [3.05, 3.63) is 0 Å². The van der Waals surface area contributed by atoms with Crippen LogP contribution in [0, 0.1) is 0 Å². The van der Waals surface area contributed by atoms with E-state index in [2.05, 4.69) is 13.8 Å². The Hall–Kier alpha value is 0.0569. The van der Waals surface area contributed by atoms with Gasteiger partial charge in [-0.2, -0.15) is 0 Å². The van der Waals surface area contributed by atoms with Crippen molar-refractivity contribution >= 4 is 9.52 Å². The van der Waals surface area contributed by atoms with Crippen molar-refractivity contribution in [1.82, 2.24) is 0 Å². The molecule has 0 amide bonds. The van der Waals surface area contributed by atoms with Crippen LogP contribution in [0.25, 0.3) is 0 Å². The monoisotopic (exact) mass is 292 g/mol. The molecule has 5 heteroatoms. The van der Waals surface area contributed by atoms with Gasteiger partial charge in [0.05, 0.1) is 0 Å². The molecule has 0 bridgehead atoms. The van der Waals surface area contributed by atoms with E-state index in [-0.39, 0.29) is 0 Å². The molecule has 0 atom stereocenters. The zero-order valence-electron chi connectivity index (χ0n) is 13.6. The Balaban J connectivity index is 5.08. The lowest BCUT2D eigenvalue weighted by Gasteiger charge is -2.41. The van der Waals surface area contributed by atoms with Crippen LogP contribution in [0.5, 0.6) is 0 Å². The van der Waals surface area contributed by atoms with Crippen molar-refractivity contribution in [2.24, 2.45) is 0 Å². The minimum atomic E-state index is -0.907. The fourth-order valence-electron chi connectivity index (χ4n) is 2.41. The summed E-state index contributed by atoms with van der Waals surface area (Å²) >= 11 is 0. The van der Waals surface area contributed by atoms with Crippen LogP contribution in [-0.2, 0) is 18.9 Å². The zero-order chi connectivity index (χ0) is 14.8. The second kappa shape index (κ2) is 9.88. The van der Waals surface area contributed by atoms with Crippen molar-refractivity contribution in [2.45, 2.75) is 65.2 Å². The fraction of sp³-hybridized carbons (Fsp3) is 1.00. The molecule has 0 N–H and O–H groups in total. The minimum Gasteiger partial charge on any atom is -0.354 e. The predicted octanol–water partition coefficient (Wildman–Crippen LogP) is 2.43. The van der Waals surface area contributed by atoms with Gasteiger partial charge in [0.1, 0.15) is 0 Å². The van der Waals surface area contributed by atoms with Gasteiger partial charge in [-0.1, -0.05) is 13.8 Å². The molecule has 0 aromatic carbocycles. The van der Waals surface area contributed by atoms with Crippen molar-refractivity contribution in [2.75, 3.05) is 26.4 Å². The van der Waals surface area contributed by atoms with Gasteiger partial charge in [-0.15, -0.1) is 0 Å². The van der Waals surface area contributed by atoms with E-state index in [4.69, 9.17) is 18.9 Å². The minimum absolute atomic E-state index is 0.482. The van der Waals surface area contributed by atoms with Crippen LogP contribution < -0.4 is 0 Å². The molecule has 0 unspecified atom stereocenters. The quantitative estimate of drug-likeness (QED) is 0.409. The molecule has 0 saturated carbocycles. The van der Waals surface area contributed by atoms with Crippen LogP contribution in [0.3, 0.4) is 0 Å². The number of rotatable bonds is 12. The Morgan fingerprint density at radius 1 is 0.579 bits per heavy atom. The molecule has 0 aliphatic rings. The average molecular weight is 292 g/mol. The average Bonchev–Trinajstić information content (AvgIpc) is 2.39. The first-order valence-electron chi connectivity index (χ1n) is 7.63. The molecule has 0 aromatic heterocycles. The summed E-state index contributed by atoms with van der Waals surface area (Å²) in [6.07, 6.45) is 1.67. The number of hydrogen-bond acceptors (Lipinski definition) is 4. The van der Waals surface area contributed by atoms with E-state index in [1.54, 1.807) is 0 Å². The third-order valence-corrected chi connectivity index (χ3v) is 6.14. The van der Waals surface area contributed by atoms with E-state index in [0.717, 1.165) is 12.8 Å². The van der Waals surface area contributed by atoms with Crippen LogP contribution in [0.1, 0.15) is 54.4 Å². The van der Waals surface area contributed by atoms with Gasteiger partial charge in [-0.05, 0) is 40.5 Å². The molecule has 0 fully saturated rings. The Kier molecular flexibility index (Phi) is 9.91. The van der Waals surface area contributed by atoms with Crippen molar-refractivity contribution in [3.63, 3.8) is 0 Å². The fourth-order valence-corrected chi connectivity index (χ4v) is 4.95. The molecule has 0 saturated heterocycles. The Bertz CT molecular complexity index is 189. The molecule has 0 rings (SSSR count). The third kappa shape index (κ3) is 5.91. The molecular weight excluding hydrogens is 260 g/mol. The predicted molar refractivity (Wildman–Crippen MR) is 81.1 cm³/mol. The normalized spacial score (nSPS) is 12.9.